The highest BCUT2D eigenvalue weighted by Gasteiger charge is 2.24. The van der Waals surface area contributed by atoms with E-state index in [1.165, 1.54) is 0 Å². The van der Waals surface area contributed by atoms with Crippen LogP contribution in [0.4, 0.5) is 10.6 Å². The number of urea groups is 1. The molecule has 1 fully saturated rings. The van der Waals surface area contributed by atoms with Gasteiger partial charge in [0.05, 0.1) is 18.4 Å². The Labute approximate surface area is 147 Å². The third-order valence-electron chi connectivity index (χ3n) is 4.71. The molecule has 0 spiro atoms. The van der Waals surface area contributed by atoms with Crippen molar-refractivity contribution in [3.8, 4) is 0 Å². The minimum Gasteiger partial charge on any atom is -0.396 e. The first-order valence-electron chi connectivity index (χ1n) is 8.86. The zero-order chi connectivity index (χ0) is 17.5. The molecule has 3 N–H and O–H groups in total. The molecule has 25 heavy (non-hydrogen) atoms. The molecule has 0 saturated heterocycles. The fourth-order valence-corrected chi connectivity index (χ4v) is 3.32. The second-order valence-corrected chi connectivity index (χ2v) is 6.48. The number of hydrogen-bond donors (Lipinski definition) is 3. The van der Waals surface area contributed by atoms with Crippen molar-refractivity contribution in [3.05, 3.63) is 42.4 Å². The van der Waals surface area contributed by atoms with Crippen LogP contribution in [0.15, 0.2) is 36.7 Å². The molecule has 134 valence electrons. The molecule has 1 aliphatic rings. The Hall–Kier alpha value is -2.41. The lowest BCUT2D eigenvalue weighted by Crippen LogP contribution is -2.43. The number of amides is 2. The number of nitrogens with zero attached hydrogens (tertiary/aromatic N) is 3. The zero-order valence-corrected chi connectivity index (χ0v) is 14.3. The van der Waals surface area contributed by atoms with Crippen LogP contribution in [0.5, 0.6) is 0 Å². The van der Waals surface area contributed by atoms with Crippen molar-refractivity contribution < 1.29 is 9.90 Å². The molecule has 2 aromatic heterocycles. The third-order valence-corrected chi connectivity index (χ3v) is 4.71. The highest BCUT2D eigenvalue weighted by Crippen LogP contribution is 2.23. The van der Waals surface area contributed by atoms with Crippen LogP contribution < -0.4 is 10.6 Å². The van der Waals surface area contributed by atoms with Crippen LogP contribution in [0.25, 0.3) is 0 Å². The summed E-state index contributed by atoms with van der Waals surface area (Å²) in [6, 6.07) is 7.23. The van der Waals surface area contributed by atoms with E-state index in [0.29, 0.717) is 12.4 Å². The summed E-state index contributed by atoms with van der Waals surface area (Å²) in [5, 5.41) is 19.7. The summed E-state index contributed by atoms with van der Waals surface area (Å²) in [5.74, 6) is 0.754. The number of pyridine rings is 1. The van der Waals surface area contributed by atoms with Gasteiger partial charge in [-0.25, -0.2) is 9.48 Å². The van der Waals surface area contributed by atoms with Crippen molar-refractivity contribution in [2.24, 2.45) is 5.92 Å². The van der Waals surface area contributed by atoms with E-state index in [4.69, 9.17) is 0 Å². The zero-order valence-electron chi connectivity index (χ0n) is 14.3. The van der Waals surface area contributed by atoms with Crippen molar-refractivity contribution in [1.82, 2.24) is 20.1 Å². The van der Waals surface area contributed by atoms with Gasteiger partial charge in [0.2, 0.25) is 0 Å². The van der Waals surface area contributed by atoms with Gasteiger partial charge in [0, 0.05) is 30.8 Å². The van der Waals surface area contributed by atoms with Crippen molar-refractivity contribution in [2.45, 2.75) is 44.7 Å². The smallest absolute Gasteiger partial charge is 0.320 e. The van der Waals surface area contributed by atoms with Gasteiger partial charge in [-0.05, 0) is 25.0 Å². The van der Waals surface area contributed by atoms with Crippen LogP contribution in [-0.4, -0.2) is 38.6 Å². The summed E-state index contributed by atoms with van der Waals surface area (Å²) in [6.07, 6.45) is 8.61. The molecule has 0 radical (unpaired) electrons. The van der Waals surface area contributed by atoms with Gasteiger partial charge in [-0.3, -0.25) is 10.3 Å². The first-order chi connectivity index (χ1) is 12.3. The van der Waals surface area contributed by atoms with Gasteiger partial charge >= 0.3 is 6.03 Å². The Bertz CT molecular complexity index is 673. The molecule has 7 nitrogen and oxygen atoms in total. The molecule has 2 unspecified atom stereocenters. The van der Waals surface area contributed by atoms with E-state index in [1.54, 1.807) is 23.1 Å². The van der Waals surface area contributed by atoms with Crippen LogP contribution in [0.3, 0.4) is 0 Å². The minimum atomic E-state index is -0.256. The lowest BCUT2D eigenvalue weighted by atomic mass is 9.96. The molecule has 0 aliphatic heterocycles. The number of hydrogen-bond acceptors (Lipinski definition) is 4. The van der Waals surface area contributed by atoms with E-state index < -0.39 is 0 Å². The van der Waals surface area contributed by atoms with Crippen LogP contribution in [0.1, 0.15) is 37.8 Å². The molecule has 3 rings (SSSR count). The van der Waals surface area contributed by atoms with Crippen LogP contribution in [0.2, 0.25) is 0 Å². The molecule has 2 aromatic rings. The van der Waals surface area contributed by atoms with E-state index in [-0.39, 0.29) is 24.6 Å². The number of aliphatic hydroxyl groups excluding tert-OH is 1. The van der Waals surface area contributed by atoms with Gasteiger partial charge in [-0.1, -0.05) is 25.3 Å². The molecule has 2 amide bonds. The molecule has 0 bridgehead atoms. The number of carbonyl (C=O) groups is 1. The van der Waals surface area contributed by atoms with E-state index in [2.05, 4.69) is 20.7 Å². The van der Waals surface area contributed by atoms with E-state index in [1.807, 2.05) is 18.2 Å². The average Bonchev–Trinajstić information content (AvgIpc) is 2.91. The average molecular weight is 343 g/mol. The maximum atomic E-state index is 12.4. The lowest BCUT2D eigenvalue weighted by Gasteiger charge is -2.24. The normalized spacial score (nSPS) is 20.7. The maximum absolute atomic E-state index is 12.4. The fraction of sp³-hybridized carbons (Fsp3) is 0.500. The SMILES string of the molecule is O=C(Nc1ccnn1Cc1ccccn1)NC1CCCCCC1CO. The Balaban J connectivity index is 1.60. The number of rotatable bonds is 5. The van der Waals surface area contributed by atoms with Gasteiger partial charge in [0.25, 0.3) is 0 Å². The highest BCUT2D eigenvalue weighted by molar-refractivity contribution is 5.88. The summed E-state index contributed by atoms with van der Waals surface area (Å²) in [4.78, 5) is 16.7. The maximum Gasteiger partial charge on any atom is 0.320 e. The summed E-state index contributed by atoms with van der Waals surface area (Å²) in [6.45, 7) is 0.606. The standard InChI is InChI=1S/C18H25N5O2/c24-13-14-6-2-1-3-8-16(14)21-18(25)22-17-9-11-20-23(17)12-15-7-4-5-10-19-15/h4-5,7,9-11,14,16,24H,1-3,6,8,12-13H2,(H2,21,22,25). The number of carbonyl (C=O) groups excluding carboxylic acids is 1. The molecule has 0 aromatic carbocycles. The molecular formula is C18H25N5O2. The van der Waals surface area contributed by atoms with Gasteiger partial charge in [0.1, 0.15) is 5.82 Å². The predicted octanol–water partition coefficient (Wildman–Crippen LogP) is 2.39. The first kappa shape index (κ1) is 17.4. The summed E-state index contributed by atoms with van der Waals surface area (Å²) >= 11 is 0. The molecule has 1 aliphatic carbocycles. The molecule has 2 atom stereocenters. The summed E-state index contributed by atoms with van der Waals surface area (Å²) in [5.41, 5.74) is 0.874. The van der Waals surface area contributed by atoms with Crippen molar-refractivity contribution in [2.75, 3.05) is 11.9 Å². The van der Waals surface area contributed by atoms with Crippen LogP contribution in [0, 0.1) is 5.92 Å². The number of aromatic nitrogens is 3. The molecule has 7 heteroatoms. The molecule has 2 heterocycles. The molecular weight excluding hydrogens is 318 g/mol. The fourth-order valence-electron chi connectivity index (χ4n) is 3.32. The quantitative estimate of drug-likeness (QED) is 0.727. The Morgan fingerprint density at radius 2 is 2.08 bits per heavy atom. The van der Waals surface area contributed by atoms with Crippen LogP contribution >= 0.6 is 0 Å². The number of nitrogens with one attached hydrogen (secondary N) is 2. The second kappa shape index (κ2) is 8.62. The van der Waals surface area contributed by atoms with Crippen molar-refractivity contribution in [3.63, 3.8) is 0 Å². The van der Waals surface area contributed by atoms with Crippen molar-refractivity contribution in [1.29, 1.82) is 0 Å². The van der Waals surface area contributed by atoms with E-state index in [0.717, 1.165) is 37.8 Å². The summed E-state index contributed by atoms with van der Waals surface area (Å²) in [7, 11) is 0. The Kier molecular flexibility index (Phi) is 6.00. The van der Waals surface area contributed by atoms with Crippen molar-refractivity contribution >= 4 is 11.8 Å². The predicted molar refractivity (Wildman–Crippen MR) is 95.2 cm³/mol. The number of anilines is 1. The van der Waals surface area contributed by atoms with Crippen LogP contribution in [-0.2, 0) is 6.54 Å². The second-order valence-electron chi connectivity index (χ2n) is 6.48. The molecule has 1 saturated carbocycles. The number of aliphatic hydroxyl groups is 1. The van der Waals surface area contributed by atoms with Gasteiger partial charge < -0.3 is 10.4 Å². The third kappa shape index (κ3) is 4.79. The lowest BCUT2D eigenvalue weighted by molar-refractivity contribution is 0.182. The van der Waals surface area contributed by atoms with Gasteiger partial charge in [-0.15, -0.1) is 0 Å². The van der Waals surface area contributed by atoms with E-state index in [9.17, 15) is 9.90 Å². The monoisotopic (exact) mass is 343 g/mol. The van der Waals surface area contributed by atoms with Gasteiger partial charge in [0.15, 0.2) is 0 Å². The Morgan fingerprint density at radius 3 is 2.88 bits per heavy atom. The highest BCUT2D eigenvalue weighted by atomic mass is 16.3. The van der Waals surface area contributed by atoms with Gasteiger partial charge in [-0.2, -0.15) is 5.10 Å². The summed E-state index contributed by atoms with van der Waals surface area (Å²) < 4.78 is 1.71. The topological polar surface area (TPSA) is 92.1 Å². The minimum absolute atomic E-state index is 0.0136. The van der Waals surface area contributed by atoms with E-state index >= 15 is 0 Å². The largest absolute Gasteiger partial charge is 0.396 e. The Morgan fingerprint density at radius 1 is 1.20 bits per heavy atom. The first-order valence-corrected chi connectivity index (χ1v) is 8.86.